The van der Waals surface area contributed by atoms with Crippen LogP contribution in [0.1, 0.15) is 75.0 Å². The smallest absolute Gasteiger partial charge is 0.414 e. The van der Waals surface area contributed by atoms with E-state index in [1.165, 1.54) is 14.2 Å². The van der Waals surface area contributed by atoms with E-state index in [1.807, 2.05) is 23.6 Å². The minimum absolute atomic E-state index is 0.0795. The first kappa shape index (κ1) is 27.1. The number of aromatic nitrogens is 2. The number of methoxy groups -OCH3 is 2. The van der Waals surface area contributed by atoms with Crippen molar-refractivity contribution in [2.24, 2.45) is 5.92 Å². The number of aryl methyl sites for hydroxylation is 1. The maximum Gasteiger partial charge on any atom is 0.414 e. The summed E-state index contributed by atoms with van der Waals surface area (Å²) in [6.07, 6.45) is 2.28. The van der Waals surface area contributed by atoms with Crippen LogP contribution in [-0.4, -0.2) is 46.8 Å². The predicted molar refractivity (Wildman–Crippen MR) is 141 cm³/mol. The molecule has 2 aromatic carbocycles. The molecule has 1 aliphatic heterocycles. The molecule has 10 heteroatoms. The van der Waals surface area contributed by atoms with Crippen LogP contribution in [-0.2, 0) is 16.0 Å². The lowest BCUT2D eigenvalue weighted by Crippen LogP contribution is -2.42. The molecule has 208 valence electrons. The number of imidazole rings is 1. The molecular weight excluding hydrogens is 508 g/mol. The zero-order valence-electron chi connectivity index (χ0n) is 22.5. The van der Waals surface area contributed by atoms with Crippen molar-refractivity contribution in [3.8, 4) is 5.75 Å². The number of fused-ring (bicyclic) bond motifs is 3. The number of anilines is 1. The number of halogens is 2. The van der Waals surface area contributed by atoms with Crippen molar-refractivity contribution in [3.05, 3.63) is 52.9 Å². The highest BCUT2D eigenvalue weighted by Gasteiger charge is 2.35. The summed E-state index contributed by atoms with van der Waals surface area (Å²) < 4.78 is 41.1. The van der Waals surface area contributed by atoms with Crippen molar-refractivity contribution in [2.75, 3.05) is 19.1 Å². The zero-order chi connectivity index (χ0) is 28.0. The molecule has 0 unspecified atom stereocenters. The van der Waals surface area contributed by atoms with Crippen molar-refractivity contribution in [3.63, 3.8) is 0 Å². The molecule has 0 radical (unpaired) electrons. The van der Waals surface area contributed by atoms with E-state index >= 15 is 0 Å². The Morgan fingerprint density at radius 1 is 1.15 bits per heavy atom. The minimum Gasteiger partial charge on any atom is -0.493 e. The number of aliphatic hydroxyl groups excluding tert-OH is 1. The lowest BCUT2D eigenvalue weighted by molar-refractivity contribution is -0.122. The Bertz CT molecular complexity index is 1440. The first-order valence-corrected chi connectivity index (χ1v) is 13.3. The Hall–Kier alpha value is -3.53. The topological polar surface area (TPSA) is 93.9 Å². The molecule has 3 aromatic rings. The molecule has 2 heterocycles. The number of carbonyl (C=O) groups is 2. The van der Waals surface area contributed by atoms with Gasteiger partial charge in [-0.25, -0.2) is 18.6 Å². The highest BCUT2D eigenvalue weighted by Crippen LogP contribution is 2.43. The van der Waals surface area contributed by atoms with Crippen LogP contribution < -0.4 is 9.64 Å². The van der Waals surface area contributed by atoms with Gasteiger partial charge < -0.3 is 19.1 Å². The Labute approximate surface area is 225 Å². The molecule has 1 fully saturated rings. The van der Waals surface area contributed by atoms with Gasteiger partial charge in [0.25, 0.3) is 0 Å². The van der Waals surface area contributed by atoms with Crippen LogP contribution in [0.2, 0.25) is 0 Å². The van der Waals surface area contributed by atoms with Gasteiger partial charge in [0.1, 0.15) is 23.5 Å². The van der Waals surface area contributed by atoms with Gasteiger partial charge in [0, 0.05) is 35.2 Å². The first-order chi connectivity index (χ1) is 18.7. The Morgan fingerprint density at radius 3 is 2.62 bits per heavy atom. The Morgan fingerprint density at radius 2 is 1.92 bits per heavy atom. The number of hydrogen-bond donors (Lipinski definition) is 1. The van der Waals surface area contributed by atoms with Crippen LogP contribution in [0.5, 0.6) is 5.75 Å². The molecule has 0 saturated heterocycles. The summed E-state index contributed by atoms with van der Waals surface area (Å²) in [7, 11) is 2.60. The normalized spacial score (nSPS) is 21.9. The van der Waals surface area contributed by atoms with Gasteiger partial charge in [0.2, 0.25) is 0 Å². The summed E-state index contributed by atoms with van der Waals surface area (Å²) in [5, 5.41) is 11.6. The standard InChI is InChI=1S/C29H33F2N3O5/c1-15-8-9-20-23(33(15)29(37)39-4)10-11-24-25(20)32-28(34(24)19-7-5-6-17(12-19)16(2)35)26(36)21-13-18(30)14-22(31)27(21)38-3/h10-11,13-15,17,19,26,36H,5-9,12H2,1-4H3/t15-,17+,19+,26+/m0/s1. The van der Waals surface area contributed by atoms with Gasteiger partial charge in [-0.15, -0.1) is 0 Å². The number of hydrogen-bond acceptors (Lipinski definition) is 6. The van der Waals surface area contributed by atoms with Crippen LogP contribution in [0.25, 0.3) is 11.0 Å². The van der Waals surface area contributed by atoms with Crippen LogP contribution in [0.15, 0.2) is 24.3 Å². The van der Waals surface area contributed by atoms with Crippen molar-refractivity contribution in [1.29, 1.82) is 0 Å². The fourth-order valence-electron chi connectivity index (χ4n) is 6.28. The second-order valence-electron chi connectivity index (χ2n) is 10.5. The molecule has 1 saturated carbocycles. The summed E-state index contributed by atoms with van der Waals surface area (Å²) in [6, 6.07) is 5.22. The lowest BCUT2D eigenvalue weighted by Gasteiger charge is -2.34. The monoisotopic (exact) mass is 541 g/mol. The number of Topliss-reactive ketones (excluding diaryl/α,β-unsaturated/α-hetero) is 1. The molecular formula is C29H33F2N3O5. The van der Waals surface area contributed by atoms with Crippen molar-refractivity contribution in [1.82, 2.24) is 9.55 Å². The number of nitrogens with zero attached hydrogens (tertiary/aromatic N) is 3. The zero-order valence-corrected chi connectivity index (χ0v) is 22.5. The molecule has 39 heavy (non-hydrogen) atoms. The van der Waals surface area contributed by atoms with Gasteiger partial charge in [-0.3, -0.25) is 9.69 Å². The van der Waals surface area contributed by atoms with E-state index < -0.39 is 23.8 Å². The number of carbonyl (C=O) groups excluding carboxylic acids is 2. The molecule has 0 spiro atoms. The summed E-state index contributed by atoms with van der Waals surface area (Å²) in [4.78, 5) is 31.4. The third-order valence-corrected chi connectivity index (χ3v) is 8.22. The number of ether oxygens (including phenoxy) is 2. The lowest BCUT2D eigenvalue weighted by atomic mass is 9.83. The van der Waals surface area contributed by atoms with Gasteiger partial charge in [-0.2, -0.15) is 0 Å². The predicted octanol–water partition coefficient (Wildman–Crippen LogP) is 5.63. The van der Waals surface area contributed by atoms with Crippen LogP contribution >= 0.6 is 0 Å². The van der Waals surface area contributed by atoms with E-state index in [4.69, 9.17) is 14.5 Å². The number of rotatable bonds is 5. The van der Waals surface area contributed by atoms with E-state index in [0.717, 1.165) is 36.4 Å². The molecule has 1 aromatic heterocycles. The summed E-state index contributed by atoms with van der Waals surface area (Å²) in [6.45, 7) is 3.54. The van der Waals surface area contributed by atoms with Crippen LogP contribution in [0.3, 0.4) is 0 Å². The average molecular weight is 542 g/mol. The van der Waals surface area contributed by atoms with E-state index in [2.05, 4.69) is 0 Å². The third kappa shape index (κ3) is 4.64. The van der Waals surface area contributed by atoms with Crippen molar-refractivity contribution >= 4 is 28.6 Å². The largest absolute Gasteiger partial charge is 0.493 e. The summed E-state index contributed by atoms with van der Waals surface area (Å²) in [5.74, 6) is -1.84. The first-order valence-electron chi connectivity index (χ1n) is 13.3. The Kier molecular flexibility index (Phi) is 7.33. The quantitative estimate of drug-likeness (QED) is 0.450. The molecule has 1 aliphatic carbocycles. The van der Waals surface area contributed by atoms with Gasteiger partial charge in [-0.05, 0) is 64.2 Å². The fraction of sp³-hybridized carbons (Fsp3) is 0.483. The number of amides is 1. The molecule has 1 amide bonds. The maximum atomic E-state index is 14.6. The van der Waals surface area contributed by atoms with Gasteiger partial charge in [0.15, 0.2) is 11.6 Å². The highest BCUT2D eigenvalue weighted by molar-refractivity contribution is 5.95. The molecule has 8 nitrogen and oxygen atoms in total. The van der Waals surface area contributed by atoms with E-state index in [0.29, 0.717) is 36.5 Å². The number of ketones is 1. The number of aliphatic hydroxyl groups is 1. The molecule has 4 atom stereocenters. The van der Waals surface area contributed by atoms with Crippen LogP contribution in [0.4, 0.5) is 19.3 Å². The molecule has 0 bridgehead atoms. The molecule has 5 rings (SSSR count). The number of benzene rings is 2. The fourth-order valence-corrected chi connectivity index (χ4v) is 6.28. The third-order valence-electron chi connectivity index (χ3n) is 8.22. The second kappa shape index (κ2) is 10.6. The van der Waals surface area contributed by atoms with E-state index in [-0.39, 0.29) is 40.9 Å². The van der Waals surface area contributed by atoms with Crippen molar-refractivity contribution < 1.29 is 33.0 Å². The van der Waals surface area contributed by atoms with Crippen LogP contribution in [0, 0.1) is 17.6 Å². The Balaban J connectivity index is 1.73. The summed E-state index contributed by atoms with van der Waals surface area (Å²) >= 11 is 0. The van der Waals surface area contributed by atoms with Crippen molar-refractivity contribution in [2.45, 2.75) is 70.6 Å². The highest BCUT2D eigenvalue weighted by atomic mass is 19.1. The SMILES string of the molecule is COC(=O)N1c2ccc3c(nc([C@H](O)c4cc(F)cc(F)c4OC)n3[C@@H]3CCC[C@@H](C(C)=O)C3)c2CC[C@@H]1C. The molecule has 2 aliphatic rings. The summed E-state index contributed by atoms with van der Waals surface area (Å²) in [5.41, 5.74) is 2.76. The molecule has 1 N–H and O–H groups in total. The second-order valence-corrected chi connectivity index (χ2v) is 10.5. The van der Waals surface area contributed by atoms with Gasteiger partial charge >= 0.3 is 6.09 Å². The van der Waals surface area contributed by atoms with Gasteiger partial charge in [0.05, 0.1) is 30.9 Å². The van der Waals surface area contributed by atoms with Gasteiger partial charge in [-0.1, -0.05) is 6.42 Å². The minimum atomic E-state index is -1.51. The van der Waals surface area contributed by atoms with E-state index in [1.54, 1.807) is 11.8 Å². The van der Waals surface area contributed by atoms with E-state index in [9.17, 15) is 23.5 Å². The average Bonchev–Trinajstić information content (AvgIpc) is 3.31. The maximum absolute atomic E-state index is 14.6.